The summed E-state index contributed by atoms with van der Waals surface area (Å²) in [5, 5.41) is 3.44. The highest BCUT2D eigenvalue weighted by Crippen LogP contribution is 2.24. The number of nitrogens with one attached hydrogen (secondary N) is 1. The van der Waals surface area contributed by atoms with Crippen LogP contribution in [0.5, 0.6) is 0 Å². The predicted octanol–water partition coefficient (Wildman–Crippen LogP) is 2.11. The van der Waals surface area contributed by atoms with Crippen molar-refractivity contribution in [3.05, 3.63) is 23.7 Å². The van der Waals surface area contributed by atoms with Gasteiger partial charge in [0.2, 0.25) is 5.76 Å². The molecule has 5 heteroatoms. The molecule has 1 fully saturated rings. The van der Waals surface area contributed by atoms with Gasteiger partial charge in [0.25, 0.3) is 0 Å². The Balaban J connectivity index is 1.85. The summed E-state index contributed by atoms with van der Waals surface area (Å²) in [6, 6.07) is 3.84. The van der Waals surface area contributed by atoms with Crippen molar-refractivity contribution in [1.29, 1.82) is 0 Å². The lowest BCUT2D eigenvalue weighted by Crippen LogP contribution is -2.43. The van der Waals surface area contributed by atoms with E-state index in [1.54, 1.807) is 12.1 Å². The Hall–Kier alpha value is -1.33. The minimum atomic E-state index is -0.446. The normalized spacial score (nSPS) is 22.2. The Labute approximate surface area is 113 Å². The minimum absolute atomic E-state index is 0.0732. The third-order valence-electron chi connectivity index (χ3n) is 3.31. The van der Waals surface area contributed by atoms with Crippen LogP contribution in [-0.4, -0.2) is 31.3 Å². The molecule has 0 amide bonds. The maximum atomic E-state index is 11.3. The lowest BCUT2D eigenvalue weighted by Gasteiger charge is -2.35. The van der Waals surface area contributed by atoms with Crippen LogP contribution in [0, 0.1) is 0 Å². The van der Waals surface area contributed by atoms with Crippen molar-refractivity contribution >= 4 is 5.97 Å². The molecule has 2 rings (SSSR count). The van der Waals surface area contributed by atoms with E-state index in [0.717, 1.165) is 25.2 Å². The highest BCUT2D eigenvalue weighted by atomic mass is 16.5. The van der Waals surface area contributed by atoms with Gasteiger partial charge in [0.05, 0.1) is 19.3 Å². The Bertz CT molecular complexity index is 438. The fourth-order valence-electron chi connectivity index (χ4n) is 2.33. The first kappa shape index (κ1) is 14.1. The Morgan fingerprint density at radius 3 is 3.00 bits per heavy atom. The number of methoxy groups -OCH3 is 1. The highest BCUT2D eigenvalue weighted by Gasteiger charge is 2.28. The maximum absolute atomic E-state index is 11.3. The number of esters is 1. The second kappa shape index (κ2) is 5.75. The molecule has 0 aliphatic carbocycles. The number of rotatable bonds is 4. The fraction of sp³-hybridized carbons (Fsp3) is 0.643. The third-order valence-corrected chi connectivity index (χ3v) is 3.31. The molecule has 106 valence electrons. The largest absolute Gasteiger partial charge is 0.463 e. The van der Waals surface area contributed by atoms with E-state index in [2.05, 4.69) is 23.9 Å². The van der Waals surface area contributed by atoms with Gasteiger partial charge in [-0.1, -0.05) is 0 Å². The van der Waals surface area contributed by atoms with Crippen LogP contribution in [0.4, 0.5) is 0 Å². The minimum Gasteiger partial charge on any atom is -0.463 e. The monoisotopic (exact) mass is 267 g/mol. The summed E-state index contributed by atoms with van der Waals surface area (Å²) >= 11 is 0. The summed E-state index contributed by atoms with van der Waals surface area (Å²) in [5.74, 6) is 0.537. The van der Waals surface area contributed by atoms with Crippen molar-refractivity contribution in [3.8, 4) is 0 Å². The summed E-state index contributed by atoms with van der Waals surface area (Å²) < 4.78 is 15.7. The molecule has 0 saturated carbocycles. The molecule has 1 N–H and O–H groups in total. The molecule has 1 aliphatic heterocycles. The van der Waals surface area contributed by atoms with Crippen LogP contribution in [0.25, 0.3) is 0 Å². The average molecular weight is 267 g/mol. The van der Waals surface area contributed by atoms with Crippen LogP contribution < -0.4 is 5.32 Å². The maximum Gasteiger partial charge on any atom is 0.373 e. The van der Waals surface area contributed by atoms with Crippen molar-refractivity contribution in [2.45, 2.75) is 44.9 Å². The van der Waals surface area contributed by atoms with Gasteiger partial charge in [-0.2, -0.15) is 0 Å². The standard InChI is InChI=1S/C14H21NO4/c1-14(2)8-10(6-7-18-14)15-9-11-4-5-12(19-11)13(16)17-3/h4-5,10,15H,6-9H2,1-3H3. The zero-order valence-corrected chi connectivity index (χ0v) is 11.7. The summed E-state index contributed by atoms with van der Waals surface area (Å²) in [7, 11) is 1.34. The van der Waals surface area contributed by atoms with Crippen LogP contribution in [0.2, 0.25) is 0 Å². The molecular weight excluding hydrogens is 246 g/mol. The number of carbonyl (C=O) groups is 1. The summed E-state index contributed by atoms with van der Waals surface area (Å²) in [6.07, 6.45) is 1.96. The average Bonchev–Trinajstić information content (AvgIpc) is 2.83. The molecule has 1 unspecified atom stereocenters. The van der Waals surface area contributed by atoms with E-state index in [-0.39, 0.29) is 11.4 Å². The molecule has 19 heavy (non-hydrogen) atoms. The van der Waals surface area contributed by atoms with Crippen LogP contribution >= 0.6 is 0 Å². The molecule has 1 aliphatic rings. The highest BCUT2D eigenvalue weighted by molar-refractivity contribution is 5.86. The predicted molar refractivity (Wildman–Crippen MR) is 69.9 cm³/mol. The first-order chi connectivity index (χ1) is 9.00. The van der Waals surface area contributed by atoms with Crippen LogP contribution in [0.3, 0.4) is 0 Å². The molecule has 1 saturated heterocycles. The first-order valence-electron chi connectivity index (χ1n) is 6.54. The van der Waals surface area contributed by atoms with Gasteiger partial charge in [-0.05, 0) is 38.8 Å². The molecule has 5 nitrogen and oxygen atoms in total. The second-order valence-corrected chi connectivity index (χ2v) is 5.44. The molecular formula is C14H21NO4. The van der Waals surface area contributed by atoms with E-state index < -0.39 is 5.97 Å². The number of furan rings is 1. The lowest BCUT2D eigenvalue weighted by atomic mass is 9.94. The van der Waals surface area contributed by atoms with Gasteiger partial charge >= 0.3 is 5.97 Å². The Morgan fingerprint density at radius 2 is 2.32 bits per heavy atom. The van der Waals surface area contributed by atoms with Gasteiger partial charge in [0.15, 0.2) is 0 Å². The zero-order valence-electron chi connectivity index (χ0n) is 11.7. The summed E-state index contributed by atoms with van der Waals surface area (Å²) in [6.45, 7) is 5.58. The number of carbonyl (C=O) groups excluding carboxylic acids is 1. The molecule has 0 bridgehead atoms. The van der Waals surface area contributed by atoms with Gasteiger partial charge in [-0.3, -0.25) is 0 Å². The SMILES string of the molecule is COC(=O)c1ccc(CNC2CCOC(C)(C)C2)o1. The van der Waals surface area contributed by atoms with Crippen molar-refractivity contribution < 1.29 is 18.7 Å². The Morgan fingerprint density at radius 1 is 1.53 bits per heavy atom. The zero-order chi connectivity index (χ0) is 13.9. The molecule has 2 heterocycles. The lowest BCUT2D eigenvalue weighted by molar-refractivity contribution is -0.0632. The van der Waals surface area contributed by atoms with Crippen LogP contribution in [0.1, 0.15) is 43.0 Å². The number of hydrogen-bond acceptors (Lipinski definition) is 5. The van der Waals surface area contributed by atoms with Gasteiger partial charge in [-0.25, -0.2) is 4.79 Å². The van der Waals surface area contributed by atoms with E-state index >= 15 is 0 Å². The smallest absolute Gasteiger partial charge is 0.373 e. The number of ether oxygens (including phenoxy) is 2. The molecule has 0 spiro atoms. The van der Waals surface area contributed by atoms with E-state index in [1.807, 2.05) is 0 Å². The fourth-order valence-corrected chi connectivity index (χ4v) is 2.33. The number of hydrogen-bond donors (Lipinski definition) is 1. The van der Waals surface area contributed by atoms with Crippen LogP contribution in [-0.2, 0) is 16.0 Å². The van der Waals surface area contributed by atoms with Crippen molar-refractivity contribution in [2.24, 2.45) is 0 Å². The molecule has 1 atom stereocenters. The topological polar surface area (TPSA) is 60.7 Å². The van der Waals surface area contributed by atoms with E-state index in [4.69, 9.17) is 9.15 Å². The molecule has 0 aromatic carbocycles. The van der Waals surface area contributed by atoms with E-state index in [9.17, 15) is 4.79 Å². The van der Waals surface area contributed by atoms with Crippen molar-refractivity contribution in [1.82, 2.24) is 5.32 Å². The molecule has 1 aromatic heterocycles. The first-order valence-corrected chi connectivity index (χ1v) is 6.54. The second-order valence-electron chi connectivity index (χ2n) is 5.44. The summed E-state index contributed by atoms with van der Waals surface area (Å²) in [4.78, 5) is 11.3. The van der Waals surface area contributed by atoms with Gasteiger partial charge in [0.1, 0.15) is 5.76 Å². The van der Waals surface area contributed by atoms with Gasteiger partial charge < -0.3 is 19.2 Å². The van der Waals surface area contributed by atoms with Gasteiger partial charge in [0, 0.05) is 12.6 Å². The molecule has 1 aromatic rings. The quantitative estimate of drug-likeness (QED) is 0.847. The molecule has 0 radical (unpaired) electrons. The van der Waals surface area contributed by atoms with Gasteiger partial charge in [-0.15, -0.1) is 0 Å². The van der Waals surface area contributed by atoms with Crippen molar-refractivity contribution in [3.63, 3.8) is 0 Å². The summed E-state index contributed by atoms with van der Waals surface area (Å²) in [5.41, 5.74) is -0.0732. The van der Waals surface area contributed by atoms with E-state index in [1.165, 1.54) is 7.11 Å². The van der Waals surface area contributed by atoms with E-state index in [0.29, 0.717) is 12.6 Å². The Kier molecular flexibility index (Phi) is 4.27. The van der Waals surface area contributed by atoms with Crippen molar-refractivity contribution in [2.75, 3.05) is 13.7 Å². The van der Waals surface area contributed by atoms with Crippen LogP contribution in [0.15, 0.2) is 16.5 Å². The third kappa shape index (κ3) is 3.81.